The fraction of sp³-hybridized carbons (Fsp3) is 0.333. The summed E-state index contributed by atoms with van der Waals surface area (Å²) in [6.45, 7) is 6.76. The Morgan fingerprint density at radius 2 is 1.61 bits per heavy atom. The molecule has 0 saturated carbocycles. The van der Waals surface area contributed by atoms with Crippen molar-refractivity contribution in [2.75, 3.05) is 18.0 Å². The van der Waals surface area contributed by atoms with E-state index in [1.54, 1.807) is 61.5 Å². The Kier molecular flexibility index (Phi) is 11.1. The lowest BCUT2D eigenvalue weighted by Gasteiger charge is -2.33. The van der Waals surface area contributed by atoms with Crippen molar-refractivity contribution in [1.29, 1.82) is 0 Å². The van der Waals surface area contributed by atoms with E-state index in [4.69, 9.17) is 27.9 Å². The van der Waals surface area contributed by atoms with Crippen LogP contribution in [-0.4, -0.2) is 50.9 Å². The van der Waals surface area contributed by atoms with Crippen LogP contribution in [0.15, 0.2) is 71.6 Å². The van der Waals surface area contributed by atoms with Gasteiger partial charge in [0.1, 0.15) is 18.3 Å². The van der Waals surface area contributed by atoms with Crippen LogP contribution in [0.5, 0.6) is 5.75 Å². The highest BCUT2D eigenvalue weighted by molar-refractivity contribution is 7.92. The second kappa shape index (κ2) is 14.1. The van der Waals surface area contributed by atoms with Crippen LogP contribution in [0.25, 0.3) is 0 Å². The Morgan fingerprint density at radius 1 is 0.976 bits per heavy atom. The van der Waals surface area contributed by atoms with Gasteiger partial charge in [-0.2, -0.15) is 0 Å². The fourth-order valence-corrected chi connectivity index (χ4v) is 6.13. The molecule has 0 spiro atoms. The van der Waals surface area contributed by atoms with Crippen LogP contribution in [-0.2, 0) is 26.2 Å². The van der Waals surface area contributed by atoms with Gasteiger partial charge < -0.3 is 15.0 Å². The summed E-state index contributed by atoms with van der Waals surface area (Å²) >= 11 is 12.5. The Bertz CT molecular complexity index is 1460. The van der Waals surface area contributed by atoms with Gasteiger partial charge in [0.15, 0.2) is 0 Å². The molecule has 0 aromatic heterocycles. The number of benzene rings is 3. The molecule has 3 aromatic rings. The lowest BCUT2D eigenvalue weighted by Crippen LogP contribution is -2.53. The Hall–Kier alpha value is -3.27. The lowest BCUT2D eigenvalue weighted by molar-refractivity contribution is -0.140. The van der Waals surface area contributed by atoms with E-state index >= 15 is 0 Å². The van der Waals surface area contributed by atoms with Crippen molar-refractivity contribution in [3.05, 3.63) is 87.9 Å². The molecule has 0 aliphatic rings. The van der Waals surface area contributed by atoms with Gasteiger partial charge in [0.2, 0.25) is 11.8 Å². The van der Waals surface area contributed by atoms with Crippen molar-refractivity contribution < 1.29 is 22.7 Å². The maximum absolute atomic E-state index is 14.1. The number of nitrogens with zero attached hydrogens (tertiary/aromatic N) is 2. The Labute approximate surface area is 252 Å². The predicted octanol–water partition coefficient (Wildman–Crippen LogP) is 5.84. The van der Waals surface area contributed by atoms with Crippen molar-refractivity contribution in [2.24, 2.45) is 0 Å². The van der Waals surface area contributed by atoms with E-state index in [1.165, 1.54) is 24.1 Å². The van der Waals surface area contributed by atoms with Crippen molar-refractivity contribution in [3.8, 4) is 5.75 Å². The molecular formula is C30H35Cl2N3O5S. The molecule has 0 aliphatic heterocycles. The zero-order valence-corrected chi connectivity index (χ0v) is 26.1. The van der Waals surface area contributed by atoms with Crippen molar-refractivity contribution in [2.45, 2.75) is 57.6 Å². The Morgan fingerprint density at radius 3 is 2.15 bits per heavy atom. The highest BCUT2D eigenvalue weighted by atomic mass is 35.5. The minimum Gasteiger partial charge on any atom is -0.497 e. The number of sulfonamides is 1. The second-order valence-electron chi connectivity index (χ2n) is 9.87. The smallest absolute Gasteiger partial charge is 0.264 e. The molecule has 3 rings (SSSR count). The average molecular weight is 621 g/mol. The summed E-state index contributed by atoms with van der Waals surface area (Å²) < 4.78 is 34.1. The molecule has 220 valence electrons. The first-order valence-corrected chi connectivity index (χ1v) is 15.3. The van der Waals surface area contributed by atoms with E-state index in [-0.39, 0.29) is 23.4 Å². The fourth-order valence-electron chi connectivity index (χ4n) is 4.25. The topological polar surface area (TPSA) is 96.0 Å². The quantitative estimate of drug-likeness (QED) is 0.275. The summed E-state index contributed by atoms with van der Waals surface area (Å²) in [5, 5.41) is 3.62. The van der Waals surface area contributed by atoms with E-state index < -0.39 is 28.5 Å². The van der Waals surface area contributed by atoms with Crippen molar-refractivity contribution in [3.63, 3.8) is 0 Å². The van der Waals surface area contributed by atoms with Crippen LogP contribution in [0, 0.1) is 6.92 Å². The van der Waals surface area contributed by atoms with Crippen molar-refractivity contribution >= 4 is 50.7 Å². The zero-order valence-electron chi connectivity index (χ0n) is 23.7. The molecule has 8 nitrogen and oxygen atoms in total. The number of nitrogens with one attached hydrogen (secondary N) is 1. The third kappa shape index (κ3) is 8.15. The van der Waals surface area contributed by atoms with E-state index in [1.807, 2.05) is 20.8 Å². The van der Waals surface area contributed by atoms with Gasteiger partial charge in [-0.15, -0.1) is 0 Å². The van der Waals surface area contributed by atoms with Gasteiger partial charge in [0, 0.05) is 22.6 Å². The zero-order chi connectivity index (χ0) is 30.3. The monoisotopic (exact) mass is 619 g/mol. The summed E-state index contributed by atoms with van der Waals surface area (Å²) in [7, 11) is -2.70. The molecule has 2 amide bonds. The van der Waals surface area contributed by atoms with Crippen LogP contribution in [0.1, 0.15) is 38.3 Å². The van der Waals surface area contributed by atoms with E-state index in [2.05, 4.69) is 5.32 Å². The van der Waals surface area contributed by atoms with Gasteiger partial charge in [0.05, 0.1) is 17.7 Å². The van der Waals surface area contributed by atoms with Crippen LogP contribution < -0.4 is 14.4 Å². The molecule has 0 aliphatic carbocycles. The number of carbonyl (C=O) groups excluding carboxylic acids is 2. The summed E-state index contributed by atoms with van der Waals surface area (Å²) in [5.41, 5.74) is 1.81. The van der Waals surface area contributed by atoms with Gasteiger partial charge in [-0.1, -0.05) is 53.9 Å². The molecule has 11 heteroatoms. The predicted molar refractivity (Wildman–Crippen MR) is 163 cm³/mol. The van der Waals surface area contributed by atoms with Gasteiger partial charge in [0.25, 0.3) is 10.0 Å². The van der Waals surface area contributed by atoms with Gasteiger partial charge in [-0.25, -0.2) is 8.42 Å². The Balaban J connectivity index is 2.08. The van der Waals surface area contributed by atoms with Crippen LogP contribution >= 0.6 is 23.2 Å². The molecule has 0 fully saturated rings. The summed E-state index contributed by atoms with van der Waals surface area (Å²) in [6, 6.07) is 16.6. The molecule has 0 heterocycles. The molecule has 0 unspecified atom stereocenters. The first-order valence-electron chi connectivity index (χ1n) is 13.1. The third-order valence-electron chi connectivity index (χ3n) is 6.42. The van der Waals surface area contributed by atoms with Gasteiger partial charge >= 0.3 is 0 Å². The number of rotatable bonds is 12. The largest absolute Gasteiger partial charge is 0.497 e. The summed E-state index contributed by atoms with van der Waals surface area (Å²) in [4.78, 5) is 28.7. The SMILES string of the molecule is CC[C@@H](C(=O)NC(C)C)N(Cc1ccc(Cl)cc1Cl)C(=O)CN(c1ccc(C)cc1)S(=O)(=O)c1ccc(OC)cc1. The standard InChI is InChI=1S/C30H35Cl2N3O5S/c1-6-28(30(37)33-20(2)3)34(18-22-9-10-23(31)17-27(22)32)29(36)19-35(24-11-7-21(4)8-12-24)41(38,39)26-15-13-25(40-5)14-16-26/h7-17,20,28H,6,18-19H2,1-5H3,(H,33,37)/t28-/m0/s1. The highest BCUT2D eigenvalue weighted by Crippen LogP contribution is 2.28. The normalized spacial score (nSPS) is 12.1. The second-order valence-corrected chi connectivity index (χ2v) is 12.6. The van der Waals surface area contributed by atoms with Crippen LogP contribution in [0.3, 0.4) is 0 Å². The highest BCUT2D eigenvalue weighted by Gasteiger charge is 2.34. The molecule has 0 saturated heterocycles. The number of amides is 2. The van der Waals surface area contributed by atoms with Crippen molar-refractivity contribution in [1.82, 2.24) is 10.2 Å². The maximum atomic E-state index is 14.1. The lowest BCUT2D eigenvalue weighted by atomic mass is 10.1. The first kappa shape index (κ1) is 32.2. The van der Waals surface area contributed by atoms with E-state index in [0.717, 1.165) is 9.87 Å². The molecule has 41 heavy (non-hydrogen) atoms. The first-order chi connectivity index (χ1) is 19.4. The molecule has 3 aromatic carbocycles. The molecule has 1 atom stereocenters. The van der Waals surface area contributed by atoms with Crippen LogP contribution in [0.2, 0.25) is 10.0 Å². The molecular weight excluding hydrogens is 585 g/mol. The summed E-state index contributed by atoms with van der Waals surface area (Å²) in [5.74, 6) is -0.421. The number of carbonyl (C=O) groups is 2. The molecule has 0 bridgehead atoms. The maximum Gasteiger partial charge on any atom is 0.264 e. The van der Waals surface area contributed by atoms with Gasteiger partial charge in [-0.3, -0.25) is 13.9 Å². The number of anilines is 1. The molecule has 0 radical (unpaired) electrons. The number of methoxy groups -OCH3 is 1. The van der Waals surface area contributed by atoms with Gasteiger partial charge in [-0.05, 0) is 81.3 Å². The van der Waals surface area contributed by atoms with E-state index in [9.17, 15) is 18.0 Å². The minimum atomic E-state index is -4.19. The third-order valence-corrected chi connectivity index (χ3v) is 8.80. The number of halogens is 2. The van der Waals surface area contributed by atoms with Crippen LogP contribution in [0.4, 0.5) is 5.69 Å². The average Bonchev–Trinajstić information content (AvgIpc) is 2.92. The minimum absolute atomic E-state index is 0.0106. The number of hydrogen-bond acceptors (Lipinski definition) is 5. The number of hydrogen-bond donors (Lipinski definition) is 1. The van der Waals surface area contributed by atoms with E-state index in [0.29, 0.717) is 33.5 Å². The number of aryl methyl sites for hydroxylation is 1. The molecule has 1 N–H and O–H groups in total. The number of ether oxygens (including phenoxy) is 1. The summed E-state index contributed by atoms with van der Waals surface area (Å²) in [6.07, 6.45) is 0.297.